The Bertz CT molecular complexity index is 529. The maximum absolute atomic E-state index is 12.1. The number of hydrogen-bond acceptors (Lipinski definition) is 5. The minimum Gasteiger partial charge on any atom is -0.392 e. The third-order valence-electron chi connectivity index (χ3n) is 4.66. The number of β-amino-alcohol motifs (C(OH)–C–C–N with tert-alkyl or cyclic N) is 1. The lowest BCUT2D eigenvalue weighted by Crippen LogP contribution is -2.39. The molecular formula is C18H27N3O3. The van der Waals surface area contributed by atoms with Crippen molar-refractivity contribution in [3.8, 4) is 0 Å². The molecular weight excluding hydrogens is 306 g/mol. The third-order valence-corrected chi connectivity index (χ3v) is 4.66. The van der Waals surface area contributed by atoms with Gasteiger partial charge < -0.3 is 25.0 Å². The van der Waals surface area contributed by atoms with Gasteiger partial charge >= 0.3 is 0 Å². The topological polar surface area (TPSA) is 65.0 Å². The Kier molecular flexibility index (Phi) is 6.07. The van der Waals surface area contributed by atoms with Crippen LogP contribution in [0.5, 0.6) is 0 Å². The lowest BCUT2D eigenvalue weighted by Gasteiger charge is -2.29. The van der Waals surface area contributed by atoms with Gasteiger partial charge in [-0.05, 0) is 43.7 Å². The van der Waals surface area contributed by atoms with Crippen molar-refractivity contribution in [2.45, 2.75) is 25.4 Å². The maximum Gasteiger partial charge on any atom is 0.225 e. The molecule has 1 aromatic rings. The molecule has 0 radical (unpaired) electrons. The van der Waals surface area contributed by atoms with E-state index in [1.807, 2.05) is 24.3 Å². The fourth-order valence-electron chi connectivity index (χ4n) is 3.29. The van der Waals surface area contributed by atoms with Gasteiger partial charge in [0.05, 0.1) is 19.3 Å². The number of carbonyl (C=O) groups excluding carboxylic acids is 1. The van der Waals surface area contributed by atoms with Gasteiger partial charge in [-0.3, -0.25) is 4.79 Å². The second kappa shape index (κ2) is 8.46. The summed E-state index contributed by atoms with van der Waals surface area (Å²) in [6.45, 7) is 5.71. The number of aliphatic hydroxyl groups excluding tert-OH is 1. The molecule has 0 aliphatic carbocycles. The van der Waals surface area contributed by atoms with E-state index in [-0.39, 0.29) is 12.0 Å². The van der Waals surface area contributed by atoms with Crippen LogP contribution in [0.15, 0.2) is 24.3 Å². The van der Waals surface area contributed by atoms with E-state index < -0.39 is 0 Å². The Labute approximate surface area is 143 Å². The molecule has 6 nitrogen and oxygen atoms in total. The molecule has 2 heterocycles. The minimum absolute atomic E-state index is 0.0224. The Hall–Kier alpha value is -1.63. The molecule has 0 aromatic heterocycles. The number of amides is 1. The van der Waals surface area contributed by atoms with Crippen LogP contribution in [-0.2, 0) is 9.53 Å². The summed E-state index contributed by atoms with van der Waals surface area (Å²) >= 11 is 0. The van der Waals surface area contributed by atoms with Crippen LogP contribution in [0.2, 0.25) is 0 Å². The fourth-order valence-corrected chi connectivity index (χ4v) is 3.29. The molecule has 3 rings (SSSR count). The Balaban J connectivity index is 1.44. The number of nitrogens with zero attached hydrogens (tertiary/aromatic N) is 2. The molecule has 1 aromatic carbocycles. The van der Waals surface area contributed by atoms with Crippen molar-refractivity contribution in [3.05, 3.63) is 24.3 Å². The van der Waals surface area contributed by atoms with Crippen LogP contribution < -0.4 is 10.2 Å². The van der Waals surface area contributed by atoms with Crippen LogP contribution in [0.25, 0.3) is 0 Å². The highest BCUT2D eigenvalue weighted by Crippen LogP contribution is 2.19. The van der Waals surface area contributed by atoms with Crippen LogP contribution >= 0.6 is 0 Å². The second-order valence-electron chi connectivity index (χ2n) is 6.54. The van der Waals surface area contributed by atoms with Gasteiger partial charge in [0.25, 0.3) is 0 Å². The van der Waals surface area contributed by atoms with Crippen molar-refractivity contribution in [3.63, 3.8) is 0 Å². The molecule has 0 unspecified atom stereocenters. The number of benzene rings is 1. The van der Waals surface area contributed by atoms with Crippen molar-refractivity contribution < 1.29 is 14.6 Å². The first kappa shape index (κ1) is 17.2. The summed E-state index contributed by atoms with van der Waals surface area (Å²) in [6.07, 6.45) is 2.09. The zero-order chi connectivity index (χ0) is 16.8. The Morgan fingerprint density at radius 2 is 1.96 bits per heavy atom. The third kappa shape index (κ3) is 4.93. The molecule has 2 saturated heterocycles. The molecule has 0 spiro atoms. The van der Waals surface area contributed by atoms with E-state index in [1.54, 1.807) is 0 Å². The summed E-state index contributed by atoms with van der Waals surface area (Å²) < 4.78 is 5.36. The molecule has 0 bridgehead atoms. The van der Waals surface area contributed by atoms with Gasteiger partial charge in [0.15, 0.2) is 0 Å². The summed E-state index contributed by atoms with van der Waals surface area (Å²) in [5, 5.41) is 12.6. The van der Waals surface area contributed by atoms with Crippen molar-refractivity contribution in [1.29, 1.82) is 0 Å². The zero-order valence-corrected chi connectivity index (χ0v) is 14.1. The van der Waals surface area contributed by atoms with Gasteiger partial charge in [0.1, 0.15) is 0 Å². The Morgan fingerprint density at radius 1 is 1.21 bits per heavy atom. The van der Waals surface area contributed by atoms with Crippen molar-refractivity contribution in [1.82, 2.24) is 4.90 Å². The van der Waals surface area contributed by atoms with Gasteiger partial charge in [0, 0.05) is 44.0 Å². The van der Waals surface area contributed by atoms with Crippen molar-refractivity contribution in [2.75, 3.05) is 56.2 Å². The smallest absolute Gasteiger partial charge is 0.225 e. The first-order valence-electron chi connectivity index (χ1n) is 8.84. The van der Waals surface area contributed by atoms with Crippen LogP contribution in [-0.4, -0.2) is 68.0 Å². The number of anilines is 2. The van der Waals surface area contributed by atoms with Crippen molar-refractivity contribution in [2.24, 2.45) is 0 Å². The molecule has 2 aliphatic heterocycles. The van der Waals surface area contributed by atoms with Gasteiger partial charge in [-0.15, -0.1) is 0 Å². The number of hydrogen-bond donors (Lipinski definition) is 2. The fraction of sp³-hybridized carbons (Fsp3) is 0.611. The van der Waals surface area contributed by atoms with Crippen LogP contribution in [0, 0.1) is 0 Å². The number of rotatable bonds is 5. The monoisotopic (exact) mass is 333 g/mol. The summed E-state index contributed by atoms with van der Waals surface area (Å²) in [5.74, 6) is 0.0224. The highest BCUT2D eigenvalue weighted by Gasteiger charge is 2.18. The number of likely N-dealkylation sites (tertiary alicyclic amines) is 1. The van der Waals surface area contributed by atoms with E-state index in [1.165, 1.54) is 5.69 Å². The lowest BCUT2D eigenvalue weighted by atomic mass is 10.1. The summed E-state index contributed by atoms with van der Waals surface area (Å²) in [4.78, 5) is 16.5. The van der Waals surface area contributed by atoms with E-state index in [2.05, 4.69) is 15.1 Å². The summed E-state index contributed by atoms with van der Waals surface area (Å²) in [6, 6.07) is 7.99. The second-order valence-corrected chi connectivity index (χ2v) is 6.54. The molecule has 1 atom stereocenters. The summed E-state index contributed by atoms with van der Waals surface area (Å²) in [5.41, 5.74) is 1.99. The summed E-state index contributed by atoms with van der Waals surface area (Å²) in [7, 11) is 0. The molecule has 0 saturated carbocycles. The highest BCUT2D eigenvalue weighted by atomic mass is 16.5. The van der Waals surface area contributed by atoms with E-state index in [0.717, 1.165) is 51.4 Å². The minimum atomic E-state index is -0.241. The lowest BCUT2D eigenvalue weighted by molar-refractivity contribution is -0.116. The van der Waals surface area contributed by atoms with E-state index in [4.69, 9.17) is 4.74 Å². The highest BCUT2D eigenvalue weighted by molar-refractivity contribution is 5.91. The Morgan fingerprint density at radius 3 is 2.67 bits per heavy atom. The predicted molar refractivity (Wildman–Crippen MR) is 94.4 cm³/mol. The van der Waals surface area contributed by atoms with E-state index >= 15 is 0 Å². The quantitative estimate of drug-likeness (QED) is 0.850. The zero-order valence-electron chi connectivity index (χ0n) is 14.1. The molecule has 132 valence electrons. The van der Waals surface area contributed by atoms with E-state index in [0.29, 0.717) is 19.5 Å². The van der Waals surface area contributed by atoms with Gasteiger partial charge in [-0.25, -0.2) is 0 Å². The van der Waals surface area contributed by atoms with Crippen molar-refractivity contribution >= 4 is 17.3 Å². The predicted octanol–water partition coefficient (Wildman–Crippen LogP) is 1.31. The first-order valence-corrected chi connectivity index (χ1v) is 8.84. The molecule has 24 heavy (non-hydrogen) atoms. The van der Waals surface area contributed by atoms with Gasteiger partial charge in [-0.1, -0.05) is 0 Å². The molecule has 2 aliphatic rings. The SMILES string of the molecule is O=C(CCN1CCC[C@@H](O)C1)Nc1ccc(N2CCOCC2)cc1. The number of aliphatic hydroxyl groups is 1. The van der Waals surface area contributed by atoms with Gasteiger partial charge in [-0.2, -0.15) is 0 Å². The first-order chi connectivity index (χ1) is 11.7. The number of nitrogens with one attached hydrogen (secondary N) is 1. The molecule has 6 heteroatoms. The average molecular weight is 333 g/mol. The molecule has 1 amide bonds. The largest absolute Gasteiger partial charge is 0.392 e. The van der Waals surface area contributed by atoms with Crippen LogP contribution in [0.1, 0.15) is 19.3 Å². The molecule has 2 fully saturated rings. The molecule has 2 N–H and O–H groups in total. The maximum atomic E-state index is 12.1. The number of carbonyl (C=O) groups is 1. The van der Waals surface area contributed by atoms with Crippen LogP contribution in [0.4, 0.5) is 11.4 Å². The average Bonchev–Trinajstić information content (AvgIpc) is 2.61. The standard InChI is InChI=1S/C18H27N3O3/c22-17-2-1-8-20(14-17)9-7-18(23)19-15-3-5-16(6-4-15)21-10-12-24-13-11-21/h3-6,17,22H,1-2,7-14H2,(H,19,23)/t17-/m1/s1. The van der Waals surface area contributed by atoms with E-state index in [9.17, 15) is 9.90 Å². The normalized spacial score (nSPS) is 22.4. The number of ether oxygens (including phenoxy) is 1. The number of morpholine rings is 1. The number of piperidine rings is 1. The van der Waals surface area contributed by atoms with Crippen LogP contribution in [0.3, 0.4) is 0 Å². The van der Waals surface area contributed by atoms with Gasteiger partial charge in [0.2, 0.25) is 5.91 Å².